The van der Waals surface area contributed by atoms with Crippen LogP contribution in [-0.4, -0.2) is 65.0 Å². The molecule has 0 spiro atoms. The van der Waals surface area contributed by atoms with Crippen LogP contribution < -0.4 is 14.2 Å². The molecular formula is C18H23NO11. The number of carboxylic acid groups (broad SMARTS) is 3. The largest absolute Gasteiger partial charge is 0.496 e. The van der Waals surface area contributed by atoms with Crippen molar-refractivity contribution in [3.8, 4) is 17.2 Å². The molecule has 1 aromatic carbocycles. The molecule has 3 N–H and O–H groups in total. The predicted octanol–water partition coefficient (Wildman–Crippen LogP) is 1.27. The fourth-order valence-corrected chi connectivity index (χ4v) is 3.47. The highest BCUT2D eigenvalue weighted by Crippen LogP contribution is 2.57. The highest BCUT2D eigenvalue weighted by Gasteiger charge is 2.76. The van der Waals surface area contributed by atoms with Gasteiger partial charge < -0.3 is 29.5 Å². The first-order valence-electron chi connectivity index (χ1n) is 8.36. The summed E-state index contributed by atoms with van der Waals surface area (Å²) < 4.78 is 15.5. The van der Waals surface area contributed by atoms with Gasteiger partial charge in [0.15, 0.2) is 5.41 Å². The molecule has 0 aliphatic rings. The Bertz CT molecular complexity index is 801. The van der Waals surface area contributed by atoms with E-state index in [0.717, 1.165) is 21.1 Å². The first kappa shape index (κ1) is 24.5. The minimum Gasteiger partial charge on any atom is -0.496 e. The Morgan fingerprint density at radius 2 is 1.27 bits per heavy atom. The molecule has 0 radical (unpaired) electrons. The standard InChI is InChI=1S/C18H23NO11/c1-16(13(20)21,14(22)23)17(2,18(3,15(24)25)19(26)27)12-10(29-5)7-9(28-4)8-11(12)30-6/h7-8H,1-6H3,(H,20,21)(H,22,23)(H,24,25). The third kappa shape index (κ3) is 3.04. The molecule has 1 aromatic rings. The molecule has 0 saturated heterocycles. The Balaban J connectivity index is 4.45. The van der Waals surface area contributed by atoms with Gasteiger partial charge in [0, 0.05) is 24.0 Å². The molecule has 0 bridgehead atoms. The van der Waals surface area contributed by atoms with E-state index < -0.39 is 44.8 Å². The fourth-order valence-electron chi connectivity index (χ4n) is 3.47. The second kappa shape index (κ2) is 8.05. The van der Waals surface area contributed by atoms with Crippen LogP contribution in [0.15, 0.2) is 12.1 Å². The predicted molar refractivity (Wildman–Crippen MR) is 99.9 cm³/mol. The van der Waals surface area contributed by atoms with Gasteiger partial charge >= 0.3 is 23.4 Å². The van der Waals surface area contributed by atoms with Gasteiger partial charge in [-0.1, -0.05) is 0 Å². The first-order valence-corrected chi connectivity index (χ1v) is 8.36. The van der Waals surface area contributed by atoms with Crippen molar-refractivity contribution in [3.05, 3.63) is 27.8 Å². The Morgan fingerprint density at radius 1 is 0.867 bits per heavy atom. The van der Waals surface area contributed by atoms with Crippen LogP contribution in [-0.2, 0) is 19.8 Å². The number of nitrogens with zero attached hydrogens (tertiary/aromatic N) is 1. The molecule has 0 aromatic heterocycles. The summed E-state index contributed by atoms with van der Waals surface area (Å²) in [5.41, 5.74) is -9.33. The molecule has 0 saturated carbocycles. The van der Waals surface area contributed by atoms with E-state index >= 15 is 0 Å². The van der Waals surface area contributed by atoms with Crippen molar-refractivity contribution >= 4 is 17.9 Å². The zero-order chi connectivity index (χ0) is 23.7. The number of nitro groups is 1. The van der Waals surface area contributed by atoms with E-state index in [9.17, 15) is 39.8 Å². The van der Waals surface area contributed by atoms with Gasteiger partial charge in [-0.15, -0.1) is 0 Å². The second-order valence-corrected chi connectivity index (χ2v) is 6.90. The molecule has 0 heterocycles. The van der Waals surface area contributed by atoms with Crippen molar-refractivity contribution in [1.29, 1.82) is 0 Å². The minimum absolute atomic E-state index is 0.139. The van der Waals surface area contributed by atoms with Gasteiger partial charge in [0.1, 0.15) is 22.7 Å². The number of methoxy groups -OCH3 is 3. The van der Waals surface area contributed by atoms with Crippen molar-refractivity contribution in [2.24, 2.45) is 5.41 Å². The Labute approximate surface area is 171 Å². The Morgan fingerprint density at radius 3 is 1.50 bits per heavy atom. The van der Waals surface area contributed by atoms with Crippen LogP contribution in [0.4, 0.5) is 0 Å². The van der Waals surface area contributed by atoms with Crippen LogP contribution in [0.2, 0.25) is 0 Å². The number of benzene rings is 1. The zero-order valence-corrected chi connectivity index (χ0v) is 17.2. The smallest absolute Gasteiger partial charge is 0.383 e. The lowest BCUT2D eigenvalue weighted by molar-refractivity contribution is -0.566. The van der Waals surface area contributed by atoms with Gasteiger partial charge in [-0.2, -0.15) is 0 Å². The van der Waals surface area contributed by atoms with Crippen molar-refractivity contribution < 1.29 is 48.8 Å². The first-order chi connectivity index (χ1) is 13.7. The summed E-state index contributed by atoms with van der Waals surface area (Å²) in [6.45, 7) is 2.22. The third-order valence-electron chi connectivity index (χ3n) is 5.83. The van der Waals surface area contributed by atoms with Gasteiger partial charge in [0.05, 0.1) is 26.9 Å². The number of carboxylic acids is 3. The van der Waals surface area contributed by atoms with E-state index in [1.807, 2.05) is 0 Å². The molecule has 166 valence electrons. The van der Waals surface area contributed by atoms with Gasteiger partial charge in [0.25, 0.3) is 0 Å². The summed E-state index contributed by atoms with van der Waals surface area (Å²) in [6, 6.07) is 2.42. The van der Waals surface area contributed by atoms with E-state index in [4.69, 9.17) is 14.2 Å². The number of hydrogen-bond acceptors (Lipinski definition) is 8. The molecule has 1 rings (SSSR count). The van der Waals surface area contributed by atoms with Crippen LogP contribution in [0, 0.1) is 15.5 Å². The summed E-state index contributed by atoms with van der Waals surface area (Å²) in [5.74, 6) is -6.41. The molecule has 2 atom stereocenters. The second-order valence-electron chi connectivity index (χ2n) is 6.90. The van der Waals surface area contributed by atoms with Crippen LogP contribution in [0.5, 0.6) is 17.2 Å². The van der Waals surface area contributed by atoms with E-state index in [1.54, 1.807) is 0 Å². The fraction of sp³-hybridized carbons (Fsp3) is 0.500. The van der Waals surface area contributed by atoms with Crippen LogP contribution >= 0.6 is 0 Å². The maximum absolute atomic E-state index is 12.2. The van der Waals surface area contributed by atoms with E-state index in [-0.39, 0.29) is 17.2 Å². The van der Waals surface area contributed by atoms with E-state index in [0.29, 0.717) is 13.8 Å². The normalized spacial score (nSPS) is 15.3. The highest BCUT2D eigenvalue weighted by atomic mass is 16.6. The minimum atomic E-state index is -3.15. The van der Waals surface area contributed by atoms with Crippen LogP contribution in [0.3, 0.4) is 0 Å². The topological polar surface area (TPSA) is 183 Å². The summed E-state index contributed by atoms with van der Waals surface area (Å²) >= 11 is 0. The third-order valence-corrected chi connectivity index (χ3v) is 5.83. The van der Waals surface area contributed by atoms with E-state index in [2.05, 4.69) is 0 Å². The lowest BCUT2D eigenvalue weighted by Crippen LogP contribution is -2.69. The van der Waals surface area contributed by atoms with Crippen molar-refractivity contribution in [3.63, 3.8) is 0 Å². The highest BCUT2D eigenvalue weighted by molar-refractivity contribution is 6.02. The van der Waals surface area contributed by atoms with Gasteiger partial charge in [-0.25, -0.2) is 4.79 Å². The summed E-state index contributed by atoms with van der Waals surface area (Å²) in [4.78, 5) is 47.3. The average molecular weight is 429 g/mol. The lowest BCUT2D eigenvalue weighted by atomic mass is 9.52. The maximum Gasteiger partial charge on any atom is 0.383 e. The summed E-state index contributed by atoms with van der Waals surface area (Å²) in [5, 5.41) is 41.6. The number of hydrogen-bond donors (Lipinski definition) is 3. The Kier molecular flexibility index (Phi) is 6.56. The molecule has 0 aliphatic heterocycles. The van der Waals surface area contributed by atoms with Crippen LogP contribution in [0.25, 0.3) is 0 Å². The molecule has 30 heavy (non-hydrogen) atoms. The van der Waals surface area contributed by atoms with Crippen molar-refractivity contribution in [2.45, 2.75) is 31.7 Å². The molecule has 0 aliphatic carbocycles. The number of aliphatic carboxylic acids is 3. The quantitative estimate of drug-likeness (QED) is 0.276. The van der Waals surface area contributed by atoms with Gasteiger partial charge in [0.2, 0.25) is 0 Å². The number of ether oxygens (including phenoxy) is 3. The zero-order valence-electron chi connectivity index (χ0n) is 17.2. The lowest BCUT2D eigenvalue weighted by Gasteiger charge is -2.45. The SMILES string of the molecule is COc1cc(OC)c(C(C)(C(C)(C(=O)O)C(=O)O)C(C)(C(=O)O)[N+](=O)[O-])c(OC)c1. The maximum atomic E-state index is 12.2. The van der Waals surface area contributed by atoms with Gasteiger partial charge in [-0.3, -0.25) is 19.7 Å². The van der Waals surface area contributed by atoms with Gasteiger partial charge in [-0.05, 0) is 13.8 Å². The van der Waals surface area contributed by atoms with E-state index in [1.165, 1.54) is 19.2 Å². The number of carbonyl (C=O) groups is 3. The average Bonchev–Trinajstić information content (AvgIpc) is 2.69. The molecule has 12 heteroatoms. The summed E-state index contributed by atoms with van der Waals surface area (Å²) in [7, 11) is 3.58. The Hall–Kier alpha value is -3.57. The summed E-state index contributed by atoms with van der Waals surface area (Å²) in [6.07, 6.45) is 0. The molecule has 0 fully saturated rings. The van der Waals surface area contributed by atoms with Crippen molar-refractivity contribution in [1.82, 2.24) is 0 Å². The van der Waals surface area contributed by atoms with Crippen molar-refractivity contribution in [2.75, 3.05) is 21.3 Å². The van der Waals surface area contributed by atoms with Crippen LogP contribution in [0.1, 0.15) is 26.3 Å². The molecule has 2 unspecified atom stereocenters. The number of rotatable bonds is 10. The monoisotopic (exact) mass is 429 g/mol. The molecule has 12 nitrogen and oxygen atoms in total. The molecular weight excluding hydrogens is 406 g/mol. The molecule has 0 amide bonds.